The molecule has 0 radical (unpaired) electrons. The van der Waals surface area contributed by atoms with Gasteiger partial charge in [0, 0.05) is 17.6 Å². The lowest BCUT2D eigenvalue weighted by molar-refractivity contribution is 0.0997. The van der Waals surface area contributed by atoms with E-state index >= 15 is 0 Å². The molecular weight excluding hydrogens is 465 g/mol. The summed E-state index contributed by atoms with van der Waals surface area (Å²) in [7, 11) is 1.40. The first kappa shape index (κ1) is 22.8. The van der Waals surface area contributed by atoms with Crippen LogP contribution in [0.25, 0.3) is 10.9 Å². The van der Waals surface area contributed by atoms with Crippen molar-refractivity contribution < 1.29 is 28.2 Å². The number of aromatic nitrogens is 1. The van der Waals surface area contributed by atoms with Crippen LogP contribution in [0, 0.1) is 5.82 Å². The van der Waals surface area contributed by atoms with Gasteiger partial charge in [0.15, 0.2) is 11.6 Å². The van der Waals surface area contributed by atoms with Crippen molar-refractivity contribution >= 4 is 40.2 Å². The average Bonchev–Trinajstić information content (AvgIpc) is 2.83. The molecule has 4 aromatic rings. The lowest BCUT2D eigenvalue weighted by Crippen LogP contribution is -2.17. The predicted octanol–water partition coefficient (Wildman–Crippen LogP) is 5.54. The molecule has 34 heavy (non-hydrogen) atoms. The van der Waals surface area contributed by atoms with Gasteiger partial charge < -0.3 is 19.9 Å². The number of benzene rings is 3. The summed E-state index contributed by atoms with van der Waals surface area (Å²) in [6.45, 7) is 0. The van der Waals surface area contributed by atoms with E-state index in [1.807, 2.05) is 0 Å². The van der Waals surface area contributed by atoms with Crippen LogP contribution in [0.2, 0.25) is 5.02 Å². The zero-order valence-electron chi connectivity index (χ0n) is 17.7. The number of halogens is 2. The summed E-state index contributed by atoms with van der Waals surface area (Å²) in [4.78, 5) is 28.1. The molecule has 0 fully saturated rings. The van der Waals surface area contributed by atoms with Gasteiger partial charge in [0.1, 0.15) is 22.3 Å². The molecule has 3 aromatic carbocycles. The quantitative estimate of drug-likeness (QED) is 0.374. The van der Waals surface area contributed by atoms with Crippen molar-refractivity contribution in [2.45, 2.75) is 0 Å². The van der Waals surface area contributed by atoms with E-state index in [4.69, 9.17) is 31.5 Å². The fraction of sp³-hybridized carbons (Fsp3) is 0.0417. The molecule has 10 heteroatoms. The Morgan fingerprint density at radius 2 is 1.79 bits per heavy atom. The first-order chi connectivity index (χ1) is 16.4. The van der Waals surface area contributed by atoms with Crippen LogP contribution in [0.1, 0.15) is 10.4 Å². The number of hydrogen-bond acceptors (Lipinski definition) is 6. The van der Waals surface area contributed by atoms with Crippen molar-refractivity contribution in [1.82, 2.24) is 4.98 Å². The Hall–Kier alpha value is -4.37. The van der Waals surface area contributed by atoms with Gasteiger partial charge in [0.25, 0.3) is 5.91 Å². The first-order valence-electron chi connectivity index (χ1n) is 9.83. The molecular formula is C24H17ClFN3O5. The summed E-state index contributed by atoms with van der Waals surface area (Å²) in [5.41, 5.74) is 5.98. The lowest BCUT2D eigenvalue weighted by atomic mass is 10.1. The van der Waals surface area contributed by atoms with Crippen molar-refractivity contribution in [3.05, 3.63) is 83.3 Å². The van der Waals surface area contributed by atoms with E-state index < -0.39 is 17.8 Å². The van der Waals surface area contributed by atoms with Crippen LogP contribution in [0.3, 0.4) is 0 Å². The van der Waals surface area contributed by atoms with E-state index in [2.05, 4.69) is 10.3 Å². The molecule has 0 saturated carbocycles. The molecule has 8 nitrogen and oxygen atoms in total. The maximum Gasteiger partial charge on any atom is 0.417 e. The Kier molecular flexibility index (Phi) is 6.46. The number of rotatable bonds is 6. The number of carbonyl (C=O) groups is 2. The monoisotopic (exact) mass is 481 g/mol. The number of carbonyl (C=O) groups excluding carboxylic acids is 2. The summed E-state index contributed by atoms with van der Waals surface area (Å²) in [5.74, 6) is -1.07. The van der Waals surface area contributed by atoms with Crippen LogP contribution < -0.4 is 25.3 Å². The number of primary amides is 1. The summed E-state index contributed by atoms with van der Waals surface area (Å²) in [5, 5.41) is 2.42. The van der Waals surface area contributed by atoms with Gasteiger partial charge in [-0.15, -0.1) is 0 Å². The molecule has 0 bridgehead atoms. The Bertz CT molecular complexity index is 1400. The normalized spacial score (nSPS) is 10.6. The van der Waals surface area contributed by atoms with Crippen molar-refractivity contribution in [3.8, 4) is 23.0 Å². The maximum absolute atomic E-state index is 15.0. The van der Waals surface area contributed by atoms with Crippen LogP contribution >= 0.6 is 11.6 Å². The number of fused-ring (bicyclic) bond motifs is 1. The molecule has 0 aliphatic rings. The second-order valence-electron chi connectivity index (χ2n) is 6.91. The molecule has 0 aliphatic heterocycles. The van der Waals surface area contributed by atoms with Gasteiger partial charge in [-0.25, -0.2) is 9.18 Å². The third-order valence-corrected chi connectivity index (χ3v) is 5.12. The highest BCUT2D eigenvalue weighted by Crippen LogP contribution is 2.37. The van der Waals surface area contributed by atoms with Crippen LogP contribution in [-0.2, 0) is 0 Å². The Labute approximate surface area is 198 Å². The van der Waals surface area contributed by atoms with Crippen molar-refractivity contribution in [3.63, 3.8) is 0 Å². The molecule has 0 saturated heterocycles. The number of anilines is 1. The molecule has 0 spiro atoms. The molecule has 0 unspecified atom stereocenters. The number of ether oxygens (including phenoxy) is 3. The van der Waals surface area contributed by atoms with E-state index in [1.165, 1.54) is 43.6 Å². The largest absolute Gasteiger partial charge is 0.496 e. The Morgan fingerprint density at radius 1 is 1.03 bits per heavy atom. The molecule has 2 amide bonds. The van der Waals surface area contributed by atoms with Crippen molar-refractivity contribution in [1.29, 1.82) is 0 Å². The molecule has 4 rings (SSSR count). The van der Waals surface area contributed by atoms with Gasteiger partial charge in [0.05, 0.1) is 23.9 Å². The molecule has 3 N–H and O–H groups in total. The van der Waals surface area contributed by atoms with Crippen molar-refractivity contribution in [2.24, 2.45) is 5.73 Å². The van der Waals surface area contributed by atoms with Gasteiger partial charge in [-0.2, -0.15) is 0 Å². The maximum atomic E-state index is 15.0. The minimum absolute atomic E-state index is 0.00668. The van der Waals surface area contributed by atoms with Crippen molar-refractivity contribution in [2.75, 3.05) is 12.4 Å². The van der Waals surface area contributed by atoms with E-state index in [0.29, 0.717) is 16.7 Å². The summed E-state index contributed by atoms with van der Waals surface area (Å²) < 4.78 is 31.0. The minimum Gasteiger partial charge on any atom is -0.496 e. The highest BCUT2D eigenvalue weighted by molar-refractivity contribution is 6.34. The third kappa shape index (κ3) is 4.69. The van der Waals surface area contributed by atoms with E-state index in [9.17, 15) is 14.0 Å². The smallest absolute Gasteiger partial charge is 0.417 e. The van der Waals surface area contributed by atoms with Crippen LogP contribution in [0.5, 0.6) is 23.0 Å². The Morgan fingerprint density at radius 3 is 2.50 bits per heavy atom. The number of nitrogens with two attached hydrogens (primary N) is 1. The number of methoxy groups -OCH3 is 1. The molecule has 0 aliphatic carbocycles. The summed E-state index contributed by atoms with van der Waals surface area (Å²) in [6.07, 6.45) is 0.616. The third-order valence-electron chi connectivity index (χ3n) is 4.75. The number of amides is 2. The van der Waals surface area contributed by atoms with Crippen LogP contribution in [-0.4, -0.2) is 24.1 Å². The van der Waals surface area contributed by atoms with E-state index in [1.54, 1.807) is 30.3 Å². The lowest BCUT2D eigenvalue weighted by Gasteiger charge is -2.14. The number of nitrogens with zero attached hydrogens (tertiary/aromatic N) is 1. The average molecular weight is 482 g/mol. The molecule has 0 atom stereocenters. The second-order valence-corrected chi connectivity index (χ2v) is 7.29. The van der Waals surface area contributed by atoms with Gasteiger partial charge in [-0.3, -0.25) is 15.1 Å². The standard InChI is InChI=1S/C24H17ClFN3O5/c1-32-20-12-17-14(11-15(20)23(27)30)18(9-10-28-17)34-19-8-7-16(21(25)22(19)26)29-24(31)33-13-5-3-2-4-6-13/h2-12H,1H3,(H2,27,30)(H,29,31). The zero-order chi connectivity index (χ0) is 24.2. The predicted molar refractivity (Wildman–Crippen MR) is 124 cm³/mol. The zero-order valence-corrected chi connectivity index (χ0v) is 18.4. The van der Waals surface area contributed by atoms with Gasteiger partial charge in [0.2, 0.25) is 0 Å². The van der Waals surface area contributed by atoms with Crippen LogP contribution in [0.15, 0.2) is 66.9 Å². The minimum atomic E-state index is -0.909. The molecule has 1 heterocycles. The number of hydrogen-bond donors (Lipinski definition) is 2. The van der Waals surface area contributed by atoms with Gasteiger partial charge in [-0.05, 0) is 36.4 Å². The number of pyridine rings is 1. The summed E-state index contributed by atoms with van der Waals surface area (Å²) >= 11 is 6.12. The van der Waals surface area contributed by atoms with E-state index in [0.717, 1.165) is 0 Å². The van der Waals surface area contributed by atoms with Crippen LogP contribution in [0.4, 0.5) is 14.9 Å². The molecule has 1 aromatic heterocycles. The highest BCUT2D eigenvalue weighted by atomic mass is 35.5. The highest BCUT2D eigenvalue weighted by Gasteiger charge is 2.18. The molecule has 172 valence electrons. The Balaban J connectivity index is 1.61. The van der Waals surface area contributed by atoms with Gasteiger partial charge >= 0.3 is 6.09 Å². The summed E-state index contributed by atoms with van der Waals surface area (Å²) in [6, 6.07) is 15.5. The number of para-hydroxylation sites is 1. The first-order valence-corrected chi connectivity index (χ1v) is 10.2. The van der Waals surface area contributed by atoms with Gasteiger partial charge in [-0.1, -0.05) is 29.8 Å². The fourth-order valence-electron chi connectivity index (χ4n) is 3.16. The topological polar surface area (TPSA) is 113 Å². The SMILES string of the molecule is COc1cc2nccc(Oc3ccc(NC(=O)Oc4ccccc4)c(Cl)c3F)c2cc1C(N)=O. The number of nitrogens with one attached hydrogen (secondary N) is 1. The second kappa shape index (κ2) is 9.63. The van der Waals surface area contributed by atoms with E-state index in [-0.39, 0.29) is 33.5 Å². The fourth-order valence-corrected chi connectivity index (χ4v) is 3.36.